The third kappa shape index (κ3) is 7.18. The molecule has 2 aromatic rings. The monoisotopic (exact) mass is 318 g/mol. The summed E-state index contributed by atoms with van der Waals surface area (Å²) in [7, 11) is 0. The van der Waals surface area contributed by atoms with E-state index >= 15 is 0 Å². The maximum atomic E-state index is 11.6. The van der Waals surface area contributed by atoms with Crippen LogP contribution in [0.1, 0.15) is 54.2 Å². The summed E-state index contributed by atoms with van der Waals surface area (Å²) < 4.78 is 2.12. The van der Waals surface area contributed by atoms with Gasteiger partial charge in [-0.05, 0) is 32.4 Å². The molecule has 3 nitrogen and oxygen atoms in total. The number of aromatic nitrogens is 2. The van der Waals surface area contributed by atoms with Crippen LogP contribution in [0.2, 0.25) is 0 Å². The molecule has 0 saturated carbocycles. The van der Waals surface area contributed by atoms with E-state index in [0.717, 1.165) is 23.9 Å². The van der Waals surface area contributed by atoms with Crippen molar-refractivity contribution in [1.82, 2.24) is 9.55 Å². The second-order valence-electron chi connectivity index (χ2n) is 4.16. The van der Waals surface area contributed by atoms with Gasteiger partial charge in [-0.3, -0.25) is 4.79 Å². The van der Waals surface area contributed by atoms with Gasteiger partial charge >= 0.3 is 0 Å². The van der Waals surface area contributed by atoms with Gasteiger partial charge in [-0.15, -0.1) is 6.58 Å². The average Bonchev–Trinajstić information content (AvgIpc) is 2.98. The lowest BCUT2D eigenvalue weighted by Gasteiger charge is -2.05. The van der Waals surface area contributed by atoms with Crippen molar-refractivity contribution < 1.29 is 0 Å². The molecule has 2 heterocycles. The number of nitrogens with one attached hydrogen (secondary N) is 1. The molecule has 0 amide bonds. The van der Waals surface area contributed by atoms with Crippen molar-refractivity contribution in [1.29, 1.82) is 0 Å². The van der Waals surface area contributed by atoms with E-state index in [-0.39, 0.29) is 5.56 Å². The lowest BCUT2D eigenvalue weighted by molar-refractivity contribution is 0.796. The predicted molar refractivity (Wildman–Crippen MR) is 105 cm³/mol. The Kier molecular flexibility index (Phi) is 15.0. The van der Waals surface area contributed by atoms with Gasteiger partial charge in [0.05, 0.1) is 10.9 Å². The lowest BCUT2D eigenvalue weighted by atomic mass is 10.3. The predicted octanol–water partition coefficient (Wildman–Crippen LogP) is 5.71. The highest BCUT2D eigenvalue weighted by Gasteiger charge is 2.07. The number of H-pyrrole nitrogens is 1. The molecule has 0 aromatic carbocycles. The van der Waals surface area contributed by atoms with E-state index < -0.39 is 0 Å². The van der Waals surface area contributed by atoms with Gasteiger partial charge in [0.1, 0.15) is 0 Å². The molecule has 23 heavy (non-hydrogen) atoms. The molecule has 0 atom stereocenters. The standard InChI is InChI=1S/C12H14N2O.C4H8.2C2H6/c1-3-7-14-9(4-2)8-10-11(14)5-6-13-12(10)15;1-3-4-2;2*1-2/h3,5-6,8H,1,4,7H2,2H3,(H,13,15);3-4H,1-2H3;2*1-2H3/b;4-3-;;. The molecule has 1 N–H and O–H groups in total. The first kappa shape index (κ1) is 23.2. The topological polar surface area (TPSA) is 37.8 Å². The molecule has 0 spiro atoms. The highest BCUT2D eigenvalue weighted by molar-refractivity contribution is 5.80. The first-order valence-corrected chi connectivity index (χ1v) is 8.57. The quantitative estimate of drug-likeness (QED) is 0.723. The Balaban J connectivity index is 0. The number of aromatic amines is 1. The number of nitrogens with zero attached hydrogens (tertiary/aromatic N) is 1. The molecule has 130 valence electrons. The van der Waals surface area contributed by atoms with Crippen LogP contribution in [0.3, 0.4) is 0 Å². The summed E-state index contributed by atoms with van der Waals surface area (Å²) in [5, 5.41) is 0.760. The van der Waals surface area contributed by atoms with Crippen LogP contribution in [0.4, 0.5) is 0 Å². The molecule has 0 radical (unpaired) electrons. The Morgan fingerprint density at radius 3 is 2.17 bits per heavy atom. The largest absolute Gasteiger partial charge is 0.341 e. The van der Waals surface area contributed by atoms with Crippen LogP contribution in [0, 0.1) is 0 Å². The molecule has 0 aliphatic heterocycles. The van der Waals surface area contributed by atoms with Gasteiger partial charge in [-0.1, -0.05) is 52.8 Å². The van der Waals surface area contributed by atoms with Gasteiger partial charge < -0.3 is 9.55 Å². The minimum Gasteiger partial charge on any atom is -0.341 e. The molecule has 3 heteroatoms. The summed E-state index contributed by atoms with van der Waals surface area (Å²) in [4.78, 5) is 14.3. The van der Waals surface area contributed by atoms with E-state index in [9.17, 15) is 4.79 Å². The minimum absolute atomic E-state index is 0.0231. The van der Waals surface area contributed by atoms with Crippen molar-refractivity contribution in [2.24, 2.45) is 0 Å². The number of aryl methyl sites for hydroxylation is 1. The fourth-order valence-electron chi connectivity index (χ4n) is 1.89. The van der Waals surface area contributed by atoms with Gasteiger partial charge in [-0.2, -0.15) is 0 Å². The molecule has 0 unspecified atom stereocenters. The molecule has 2 rings (SSSR count). The van der Waals surface area contributed by atoms with Crippen molar-refractivity contribution in [2.75, 3.05) is 0 Å². The third-order valence-corrected chi connectivity index (χ3v) is 2.93. The van der Waals surface area contributed by atoms with Crippen molar-refractivity contribution in [3.63, 3.8) is 0 Å². The van der Waals surface area contributed by atoms with Crippen LogP contribution in [0.15, 0.2) is 47.9 Å². The summed E-state index contributed by atoms with van der Waals surface area (Å²) >= 11 is 0. The first-order valence-electron chi connectivity index (χ1n) is 8.57. The van der Waals surface area contributed by atoms with Gasteiger partial charge in [0.25, 0.3) is 5.56 Å². The maximum absolute atomic E-state index is 11.6. The molecule has 0 aliphatic rings. The lowest BCUT2D eigenvalue weighted by Crippen LogP contribution is -2.04. The van der Waals surface area contributed by atoms with Crippen molar-refractivity contribution in [2.45, 2.75) is 61.4 Å². The number of hydrogen-bond acceptors (Lipinski definition) is 1. The summed E-state index contributed by atoms with van der Waals surface area (Å²) in [6.45, 7) is 18.6. The molecule has 0 aliphatic carbocycles. The number of rotatable bonds is 3. The van der Waals surface area contributed by atoms with Gasteiger partial charge in [0.15, 0.2) is 0 Å². The van der Waals surface area contributed by atoms with Crippen LogP contribution < -0.4 is 5.56 Å². The zero-order valence-corrected chi connectivity index (χ0v) is 15.9. The van der Waals surface area contributed by atoms with Gasteiger partial charge in [-0.25, -0.2) is 0 Å². The number of fused-ring (bicyclic) bond motifs is 1. The highest BCUT2D eigenvalue weighted by Crippen LogP contribution is 2.16. The van der Waals surface area contributed by atoms with Crippen molar-refractivity contribution in [3.8, 4) is 0 Å². The van der Waals surface area contributed by atoms with E-state index in [2.05, 4.69) is 23.1 Å². The summed E-state index contributed by atoms with van der Waals surface area (Å²) in [5.41, 5.74) is 2.13. The Morgan fingerprint density at radius 1 is 1.17 bits per heavy atom. The maximum Gasteiger partial charge on any atom is 0.257 e. The molecular weight excluding hydrogens is 284 g/mol. The normalized spacial score (nSPS) is 9.17. The number of allylic oxidation sites excluding steroid dienone is 3. The van der Waals surface area contributed by atoms with Crippen LogP contribution in [0.25, 0.3) is 10.9 Å². The van der Waals surface area contributed by atoms with E-state index in [1.807, 2.05) is 71.9 Å². The van der Waals surface area contributed by atoms with Crippen LogP contribution in [-0.2, 0) is 13.0 Å². The van der Waals surface area contributed by atoms with Gasteiger partial charge in [0.2, 0.25) is 0 Å². The molecule has 0 bridgehead atoms. The van der Waals surface area contributed by atoms with Gasteiger partial charge in [0, 0.05) is 18.4 Å². The van der Waals surface area contributed by atoms with Crippen molar-refractivity contribution in [3.05, 3.63) is 59.2 Å². The first-order chi connectivity index (χ1) is 11.2. The van der Waals surface area contributed by atoms with E-state index in [0.29, 0.717) is 0 Å². The number of pyridine rings is 1. The Hall–Kier alpha value is -2.03. The average molecular weight is 319 g/mol. The zero-order chi connectivity index (χ0) is 18.3. The van der Waals surface area contributed by atoms with Crippen LogP contribution in [0.5, 0.6) is 0 Å². The van der Waals surface area contributed by atoms with E-state index in [4.69, 9.17) is 0 Å². The molecule has 0 saturated heterocycles. The molecular formula is C20H34N2O. The van der Waals surface area contributed by atoms with E-state index in [1.54, 1.807) is 6.20 Å². The SMILES string of the molecule is C/C=C\C.C=CCn1c(CC)cc2c(=O)[nH]ccc21.CC.CC. The second-order valence-corrected chi connectivity index (χ2v) is 4.16. The van der Waals surface area contributed by atoms with E-state index in [1.165, 1.54) is 5.69 Å². The number of hydrogen-bond donors (Lipinski definition) is 1. The van der Waals surface area contributed by atoms with Crippen LogP contribution >= 0.6 is 0 Å². The molecule has 2 aromatic heterocycles. The highest BCUT2D eigenvalue weighted by atomic mass is 16.1. The molecule has 0 fully saturated rings. The fourth-order valence-corrected chi connectivity index (χ4v) is 1.89. The minimum atomic E-state index is -0.0231. The summed E-state index contributed by atoms with van der Waals surface area (Å²) in [6.07, 6.45) is 8.45. The fraction of sp³-hybridized carbons (Fsp3) is 0.450. The smallest absolute Gasteiger partial charge is 0.257 e. The van der Waals surface area contributed by atoms with Crippen LogP contribution in [-0.4, -0.2) is 9.55 Å². The third-order valence-electron chi connectivity index (χ3n) is 2.93. The second kappa shape index (κ2) is 14.9. The van der Waals surface area contributed by atoms with Crippen molar-refractivity contribution >= 4 is 10.9 Å². The zero-order valence-electron chi connectivity index (χ0n) is 15.9. The Morgan fingerprint density at radius 2 is 1.74 bits per heavy atom. The Labute approximate surface area is 141 Å². The Bertz CT molecular complexity index is 614. The summed E-state index contributed by atoms with van der Waals surface area (Å²) in [6, 6.07) is 3.89. The summed E-state index contributed by atoms with van der Waals surface area (Å²) in [5.74, 6) is 0.